The van der Waals surface area contributed by atoms with E-state index in [0.29, 0.717) is 5.56 Å². The maximum atomic E-state index is 11.5. The Morgan fingerprint density at radius 1 is 1.47 bits per heavy atom. The highest BCUT2D eigenvalue weighted by Crippen LogP contribution is 2.01. The van der Waals surface area contributed by atoms with Crippen LogP contribution < -0.4 is 11.2 Å². The van der Waals surface area contributed by atoms with E-state index in [9.17, 15) is 4.79 Å². The summed E-state index contributed by atoms with van der Waals surface area (Å²) in [5.41, 5.74) is 8.19. The highest BCUT2D eigenvalue weighted by molar-refractivity contribution is 7.80. The molecule has 1 aromatic rings. The Kier molecular flexibility index (Phi) is 4.43. The maximum Gasteiger partial charge on any atom is 0.184 e. The SMILES string of the molecule is NC(=S)NN=CCC(=O)c1ccccc1. The summed E-state index contributed by atoms with van der Waals surface area (Å²) in [7, 11) is 0. The van der Waals surface area contributed by atoms with Crippen LogP contribution in [0.4, 0.5) is 0 Å². The number of Topliss-reactive ketones (excluding diaryl/α,β-unsaturated/α-hetero) is 1. The van der Waals surface area contributed by atoms with Gasteiger partial charge in [-0.15, -0.1) is 0 Å². The molecular formula is C10H11N3OS. The number of rotatable bonds is 4. The highest BCUT2D eigenvalue weighted by Gasteiger charge is 2.01. The molecule has 0 bridgehead atoms. The van der Waals surface area contributed by atoms with Crippen LogP contribution in [0.5, 0.6) is 0 Å². The monoisotopic (exact) mass is 221 g/mol. The summed E-state index contributed by atoms with van der Waals surface area (Å²) in [6, 6.07) is 9.02. The Morgan fingerprint density at radius 3 is 2.73 bits per heavy atom. The Balaban J connectivity index is 2.44. The lowest BCUT2D eigenvalue weighted by Gasteiger charge is -1.96. The Bertz CT molecular complexity index is 376. The van der Waals surface area contributed by atoms with Crippen molar-refractivity contribution in [2.45, 2.75) is 6.42 Å². The number of nitrogens with two attached hydrogens (primary N) is 1. The van der Waals surface area contributed by atoms with Crippen molar-refractivity contribution >= 4 is 29.3 Å². The van der Waals surface area contributed by atoms with Gasteiger partial charge in [0.1, 0.15) is 0 Å². The van der Waals surface area contributed by atoms with Gasteiger partial charge in [0.05, 0.1) is 0 Å². The fourth-order valence-corrected chi connectivity index (χ4v) is 1.03. The lowest BCUT2D eigenvalue weighted by Crippen LogP contribution is -2.24. The second-order valence-electron chi connectivity index (χ2n) is 2.78. The van der Waals surface area contributed by atoms with Crippen LogP contribution in [-0.2, 0) is 0 Å². The van der Waals surface area contributed by atoms with Gasteiger partial charge < -0.3 is 5.73 Å². The molecule has 0 saturated heterocycles. The first-order valence-corrected chi connectivity index (χ1v) is 4.76. The lowest BCUT2D eigenvalue weighted by molar-refractivity contribution is 0.100. The van der Waals surface area contributed by atoms with Crippen LogP contribution in [0.1, 0.15) is 16.8 Å². The van der Waals surface area contributed by atoms with Crippen molar-refractivity contribution in [3.63, 3.8) is 0 Å². The van der Waals surface area contributed by atoms with Crippen LogP contribution >= 0.6 is 12.2 Å². The third-order valence-electron chi connectivity index (χ3n) is 1.64. The first kappa shape index (κ1) is 11.3. The number of hydrogen-bond acceptors (Lipinski definition) is 3. The molecule has 0 atom stereocenters. The van der Waals surface area contributed by atoms with Gasteiger partial charge in [-0.3, -0.25) is 10.2 Å². The van der Waals surface area contributed by atoms with E-state index in [1.165, 1.54) is 6.21 Å². The number of carbonyl (C=O) groups is 1. The van der Waals surface area contributed by atoms with Crippen molar-refractivity contribution in [3.05, 3.63) is 35.9 Å². The van der Waals surface area contributed by atoms with E-state index in [0.717, 1.165) is 0 Å². The van der Waals surface area contributed by atoms with Gasteiger partial charge in [-0.25, -0.2) is 0 Å². The summed E-state index contributed by atoms with van der Waals surface area (Å²) in [6.07, 6.45) is 1.66. The van der Waals surface area contributed by atoms with E-state index in [-0.39, 0.29) is 17.3 Å². The van der Waals surface area contributed by atoms with E-state index >= 15 is 0 Å². The topological polar surface area (TPSA) is 67.5 Å². The van der Waals surface area contributed by atoms with Crippen LogP contribution in [0.15, 0.2) is 35.4 Å². The summed E-state index contributed by atoms with van der Waals surface area (Å²) in [4.78, 5) is 11.5. The minimum Gasteiger partial charge on any atom is -0.375 e. The molecule has 78 valence electrons. The number of nitrogens with one attached hydrogen (secondary N) is 1. The standard InChI is InChI=1S/C10H11N3OS/c11-10(15)13-12-7-6-9(14)8-4-2-1-3-5-8/h1-5,7H,6H2,(H3,11,13,15). The minimum absolute atomic E-state index is 0.00379. The highest BCUT2D eigenvalue weighted by atomic mass is 32.1. The van der Waals surface area contributed by atoms with Gasteiger partial charge in [0.25, 0.3) is 0 Å². The molecule has 1 rings (SSSR count). The summed E-state index contributed by atoms with van der Waals surface area (Å²) < 4.78 is 0. The molecule has 0 radical (unpaired) electrons. The zero-order valence-electron chi connectivity index (χ0n) is 8.01. The Morgan fingerprint density at radius 2 is 2.13 bits per heavy atom. The molecule has 0 unspecified atom stereocenters. The molecule has 0 fully saturated rings. The number of nitrogens with zero attached hydrogens (tertiary/aromatic N) is 1. The summed E-state index contributed by atoms with van der Waals surface area (Å²) in [5, 5.41) is 3.76. The normalized spacial score (nSPS) is 10.1. The van der Waals surface area contributed by atoms with Crippen LogP contribution in [0.2, 0.25) is 0 Å². The molecule has 0 aliphatic heterocycles. The molecule has 0 amide bonds. The zero-order valence-corrected chi connectivity index (χ0v) is 8.83. The number of ketones is 1. The Labute approximate surface area is 93.2 Å². The molecule has 3 N–H and O–H groups in total. The third kappa shape index (κ3) is 4.33. The number of benzene rings is 1. The fourth-order valence-electron chi connectivity index (χ4n) is 0.980. The van der Waals surface area contributed by atoms with Crippen LogP contribution in [0.3, 0.4) is 0 Å². The van der Waals surface area contributed by atoms with Gasteiger partial charge >= 0.3 is 0 Å². The summed E-state index contributed by atoms with van der Waals surface area (Å²) in [6.45, 7) is 0. The molecule has 1 aromatic carbocycles. The predicted octanol–water partition coefficient (Wildman–Crippen LogP) is 1.08. The molecule has 0 spiro atoms. The molecule has 4 nitrogen and oxygen atoms in total. The first-order valence-electron chi connectivity index (χ1n) is 4.35. The molecule has 15 heavy (non-hydrogen) atoms. The average molecular weight is 221 g/mol. The van der Waals surface area contributed by atoms with E-state index in [1.54, 1.807) is 12.1 Å². The second kappa shape index (κ2) is 5.87. The summed E-state index contributed by atoms with van der Waals surface area (Å²) >= 11 is 4.54. The zero-order chi connectivity index (χ0) is 11.1. The molecule has 0 aliphatic carbocycles. The van der Waals surface area contributed by atoms with Gasteiger partial charge in [0, 0.05) is 18.2 Å². The Hall–Kier alpha value is -1.75. The molecular weight excluding hydrogens is 210 g/mol. The van der Waals surface area contributed by atoms with E-state index < -0.39 is 0 Å². The molecule has 5 heteroatoms. The van der Waals surface area contributed by atoms with Crippen molar-refractivity contribution in [1.82, 2.24) is 5.43 Å². The third-order valence-corrected chi connectivity index (χ3v) is 1.73. The maximum absolute atomic E-state index is 11.5. The van der Waals surface area contributed by atoms with Gasteiger partial charge in [-0.05, 0) is 12.2 Å². The van der Waals surface area contributed by atoms with E-state index in [1.807, 2.05) is 18.2 Å². The largest absolute Gasteiger partial charge is 0.375 e. The quantitative estimate of drug-likeness (QED) is 0.345. The van der Waals surface area contributed by atoms with Crippen LogP contribution in [-0.4, -0.2) is 17.1 Å². The predicted molar refractivity (Wildman–Crippen MR) is 63.8 cm³/mol. The number of carbonyl (C=O) groups excluding carboxylic acids is 1. The number of hydrogen-bond donors (Lipinski definition) is 2. The van der Waals surface area contributed by atoms with Gasteiger partial charge in [0.15, 0.2) is 10.9 Å². The number of hydrazone groups is 1. The van der Waals surface area contributed by atoms with Crippen molar-refractivity contribution < 1.29 is 4.79 Å². The van der Waals surface area contributed by atoms with Gasteiger partial charge in [-0.2, -0.15) is 5.10 Å². The van der Waals surface area contributed by atoms with Crippen LogP contribution in [0, 0.1) is 0 Å². The van der Waals surface area contributed by atoms with Crippen LogP contribution in [0.25, 0.3) is 0 Å². The van der Waals surface area contributed by atoms with Crippen molar-refractivity contribution in [2.75, 3.05) is 0 Å². The van der Waals surface area contributed by atoms with Gasteiger partial charge in [-0.1, -0.05) is 30.3 Å². The minimum atomic E-state index is 0.00379. The second-order valence-corrected chi connectivity index (χ2v) is 3.22. The fraction of sp³-hybridized carbons (Fsp3) is 0.100. The van der Waals surface area contributed by atoms with E-state index in [2.05, 4.69) is 22.7 Å². The molecule has 0 aromatic heterocycles. The van der Waals surface area contributed by atoms with Crippen molar-refractivity contribution in [2.24, 2.45) is 10.8 Å². The molecule has 0 saturated carbocycles. The average Bonchev–Trinajstić information content (AvgIpc) is 2.25. The van der Waals surface area contributed by atoms with Crippen molar-refractivity contribution in [3.8, 4) is 0 Å². The summed E-state index contributed by atoms with van der Waals surface area (Å²) in [5.74, 6) is 0.00379. The molecule has 0 aliphatic rings. The van der Waals surface area contributed by atoms with Gasteiger partial charge in [0.2, 0.25) is 0 Å². The van der Waals surface area contributed by atoms with Crippen molar-refractivity contribution in [1.29, 1.82) is 0 Å². The lowest BCUT2D eigenvalue weighted by atomic mass is 10.1. The first-order chi connectivity index (χ1) is 7.20. The number of thiocarbonyl (C=S) groups is 1. The van der Waals surface area contributed by atoms with E-state index in [4.69, 9.17) is 5.73 Å². The smallest absolute Gasteiger partial charge is 0.184 e. The molecule has 0 heterocycles.